The smallest absolute Gasteiger partial charge is 0.0873 e. The monoisotopic (exact) mass is 344 g/mol. The van der Waals surface area contributed by atoms with Gasteiger partial charge in [-0.1, -0.05) is 121 Å². The molecule has 0 atom stereocenters. The molecule has 1 aromatic rings. The highest BCUT2D eigenvalue weighted by Gasteiger charge is 1.94. The largest absolute Gasteiger partial charge is 0.501 e. The highest BCUT2D eigenvalue weighted by molar-refractivity contribution is 5.47. The molecule has 0 aliphatic heterocycles. The van der Waals surface area contributed by atoms with Crippen LogP contribution in [0.4, 0.5) is 0 Å². The van der Waals surface area contributed by atoms with Crippen LogP contribution < -0.4 is 0 Å². The van der Waals surface area contributed by atoms with Crippen LogP contribution in [0.25, 0.3) is 6.08 Å². The molecule has 1 aromatic carbocycles. The Morgan fingerprint density at radius 2 is 1.12 bits per heavy atom. The zero-order valence-electron chi connectivity index (χ0n) is 16.6. The molecule has 0 amide bonds. The van der Waals surface area contributed by atoms with Gasteiger partial charge in [-0.3, -0.25) is 0 Å². The van der Waals surface area contributed by atoms with Crippen molar-refractivity contribution in [3.63, 3.8) is 0 Å². The van der Waals surface area contributed by atoms with E-state index < -0.39 is 0 Å². The van der Waals surface area contributed by atoms with Gasteiger partial charge in [0.25, 0.3) is 0 Å². The SMILES string of the molecule is CCCCCCCCCCCCCCCCOC=Cc1ccccc1. The first-order valence-electron chi connectivity index (χ1n) is 10.8. The minimum absolute atomic E-state index is 0.849. The maximum atomic E-state index is 5.56. The lowest BCUT2D eigenvalue weighted by molar-refractivity contribution is 0.243. The van der Waals surface area contributed by atoms with E-state index in [9.17, 15) is 0 Å². The van der Waals surface area contributed by atoms with E-state index >= 15 is 0 Å². The fourth-order valence-electron chi connectivity index (χ4n) is 3.14. The quantitative estimate of drug-likeness (QED) is 0.204. The average Bonchev–Trinajstić information content (AvgIpc) is 2.65. The fraction of sp³-hybridized carbons (Fsp3) is 0.667. The van der Waals surface area contributed by atoms with Crippen LogP contribution in [0.2, 0.25) is 0 Å². The third-order valence-corrected chi connectivity index (χ3v) is 4.77. The number of ether oxygens (including phenoxy) is 1. The van der Waals surface area contributed by atoms with Crippen molar-refractivity contribution in [3.8, 4) is 0 Å². The van der Waals surface area contributed by atoms with E-state index in [2.05, 4.69) is 19.1 Å². The Balaban J connectivity index is 1.74. The van der Waals surface area contributed by atoms with Gasteiger partial charge in [-0.2, -0.15) is 0 Å². The molecule has 0 bridgehead atoms. The van der Waals surface area contributed by atoms with Crippen molar-refractivity contribution in [2.75, 3.05) is 6.61 Å². The molecule has 0 fully saturated rings. The summed E-state index contributed by atoms with van der Waals surface area (Å²) < 4.78 is 5.56. The van der Waals surface area contributed by atoms with Gasteiger partial charge in [-0.15, -0.1) is 0 Å². The molecule has 0 saturated carbocycles. The normalized spacial score (nSPS) is 11.2. The minimum Gasteiger partial charge on any atom is -0.501 e. The number of hydrogen-bond donors (Lipinski definition) is 0. The molecule has 0 saturated heterocycles. The Bertz CT molecular complexity index is 396. The molecule has 142 valence electrons. The van der Waals surface area contributed by atoms with Crippen LogP contribution in [0.5, 0.6) is 0 Å². The molecule has 0 radical (unpaired) electrons. The van der Waals surface area contributed by atoms with Crippen molar-refractivity contribution >= 4 is 6.08 Å². The molecule has 0 unspecified atom stereocenters. The van der Waals surface area contributed by atoms with E-state index in [1.54, 1.807) is 0 Å². The van der Waals surface area contributed by atoms with Crippen molar-refractivity contribution in [1.29, 1.82) is 0 Å². The molecule has 0 heterocycles. The second kappa shape index (κ2) is 17.6. The van der Waals surface area contributed by atoms with E-state index in [-0.39, 0.29) is 0 Å². The van der Waals surface area contributed by atoms with Gasteiger partial charge >= 0.3 is 0 Å². The maximum absolute atomic E-state index is 5.56. The van der Waals surface area contributed by atoms with E-state index in [1.807, 2.05) is 30.5 Å². The summed E-state index contributed by atoms with van der Waals surface area (Å²) in [7, 11) is 0. The highest BCUT2D eigenvalue weighted by atomic mass is 16.5. The fourth-order valence-corrected chi connectivity index (χ4v) is 3.14. The second-order valence-corrected chi connectivity index (χ2v) is 7.18. The number of unbranched alkanes of at least 4 members (excludes halogenated alkanes) is 13. The van der Waals surface area contributed by atoms with Gasteiger partial charge in [0, 0.05) is 0 Å². The van der Waals surface area contributed by atoms with Crippen LogP contribution in [0, 0.1) is 0 Å². The first kappa shape index (κ1) is 21.8. The summed E-state index contributed by atoms with van der Waals surface area (Å²) in [6.45, 7) is 3.14. The number of benzene rings is 1. The zero-order valence-corrected chi connectivity index (χ0v) is 16.6. The lowest BCUT2D eigenvalue weighted by Crippen LogP contribution is -1.88. The van der Waals surface area contributed by atoms with Gasteiger partial charge in [-0.05, 0) is 18.1 Å². The number of hydrogen-bond acceptors (Lipinski definition) is 1. The Morgan fingerprint density at radius 3 is 1.64 bits per heavy atom. The van der Waals surface area contributed by atoms with Gasteiger partial charge in [0.2, 0.25) is 0 Å². The molecule has 0 N–H and O–H groups in total. The van der Waals surface area contributed by atoms with Crippen LogP contribution in [0.15, 0.2) is 36.6 Å². The summed E-state index contributed by atoms with van der Waals surface area (Å²) in [6.07, 6.45) is 23.5. The number of rotatable bonds is 17. The van der Waals surface area contributed by atoms with Crippen LogP contribution >= 0.6 is 0 Å². The summed E-state index contributed by atoms with van der Waals surface area (Å²) in [5.74, 6) is 0. The van der Waals surface area contributed by atoms with Gasteiger partial charge in [0.15, 0.2) is 0 Å². The van der Waals surface area contributed by atoms with Crippen LogP contribution in [0.1, 0.15) is 102 Å². The first-order valence-corrected chi connectivity index (χ1v) is 10.8. The molecule has 1 heteroatoms. The summed E-state index contributed by atoms with van der Waals surface area (Å²) in [4.78, 5) is 0. The molecule has 0 aliphatic rings. The highest BCUT2D eigenvalue weighted by Crippen LogP contribution is 2.13. The van der Waals surface area contributed by atoms with Crippen molar-refractivity contribution in [1.82, 2.24) is 0 Å². The summed E-state index contributed by atoms with van der Waals surface area (Å²) >= 11 is 0. The topological polar surface area (TPSA) is 9.23 Å². The van der Waals surface area contributed by atoms with E-state index in [0.29, 0.717) is 0 Å². The van der Waals surface area contributed by atoms with Crippen molar-refractivity contribution in [3.05, 3.63) is 42.2 Å². The molecule has 25 heavy (non-hydrogen) atoms. The third kappa shape index (κ3) is 14.8. The van der Waals surface area contributed by atoms with Crippen LogP contribution in [0.3, 0.4) is 0 Å². The van der Waals surface area contributed by atoms with E-state index in [0.717, 1.165) is 6.61 Å². The lowest BCUT2D eigenvalue weighted by Gasteiger charge is -2.03. The Labute approximate surface area is 156 Å². The molecular weight excluding hydrogens is 304 g/mol. The van der Waals surface area contributed by atoms with Crippen molar-refractivity contribution < 1.29 is 4.74 Å². The summed E-state index contributed by atoms with van der Waals surface area (Å²) in [5, 5.41) is 0. The Hall–Kier alpha value is -1.24. The van der Waals surface area contributed by atoms with Gasteiger partial charge in [0.1, 0.15) is 0 Å². The Morgan fingerprint density at radius 1 is 0.640 bits per heavy atom. The summed E-state index contributed by atoms with van der Waals surface area (Å²) in [6, 6.07) is 10.3. The molecule has 0 aromatic heterocycles. The lowest BCUT2D eigenvalue weighted by atomic mass is 10.0. The van der Waals surface area contributed by atoms with Crippen LogP contribution in [-0.2, 0) is 4.74 Å². The third-order valence-electron chi connectivity index (χ3n) is 4.77. The maximum Gasteiger partial charge on any atom is 0.0873 e. The Kier molecular flexibility index (Phi) is 15.3. The van der Waals surface area contributed by atoms with Crippen molar-refractivity contribution in [2.45, 2.75) is 96.8 Å². The predicted octanol–water partition coefficient (Wildman–Crippen LogP) is 8.16. The zero-order chi connectivity index (χ0) is 17.8. The van der Waals surface area contributed by atoms with Gasteiger partial charge < -0.3 is 4.74 Å². The van der Waals surface area contributed by atoms with Gasteiger partial charge in [-0.25, -0.2) is 0 Å². The second-order valence-electron chi connectivity index (χ2n) is 7.18. The molecule has 1 rings (SSSR count). The first-order chi connectivity index (χ1) is 12.4. The predicted molar refractivity (Wildman–Crippen MR) is 112 cm³/mol. The van der Waals surface area contributed by atoms with Gasteiger partial charge in [0.05, 0.1) is 12.9 Å². The molecular formula is C24H40O. The van der Waals surface area contributed by atoms with E-state index in [1.165, 1.54) is 95.5 Å². The van der Waals surface area contributed by atoms with E-state index in [4.69, 9.17) is 4.74 Å². The molecule has 1 nitrogen and oxygen atoms in total. The minimum atomic E-state index is 0.849. The standard InChI is InChI=1S/C24H40O/c1-2-3-4-5-6-7-8-9-10-11-12-13-14-18-22-25-23-21-24-19-16-15-17-20-24/h15-17,19-21,23H,2-14,18,22H2,1H3. The van der Waals surface area contributed by atoms with Crippen molar-refractivity contribution in [2.24, 2.45) is 0 Å². The average molecular weight is 345 g/mol. The van der Waals surface area contributed by atoms with Crippen LogP contribution in [-0.4, -0.2) is 6.61 Å². The molecule has 0 aliphatic carbocycles. The molecule has 0 spiro atoms. The summed E-state index contributed by atoms with van der Waals surface area (Å²) in [5.41, 5.74) is 1.20.